The monoisotopic (exact) mass is 293 g/mol. The van der Waals surface area contributed by atoms with Gasteiger partial charge >= 0.3 is 0 Å². The molecule has 1 heterocycles. The summed E-state index contributed by atoms with van der Waals surface area (Å²) in [6.07, 6.45) is 3.12. The summed E-state index contributed by atoms with van der Waals surface area (Å²) in [4.78, 5) is 4.75. The average Bonchev–Trinajstić information content (AvgIpc) is 2.73. The van der Waals surface area contributed by atoms with Crippen molar-refractivity contribution < 1.29 is 0 Å². The second-order valence-corrected chi connectivity index (χ2v) is 6.54. The molecule has 4 heteroatoms. The molecule has 0 atom stereocenters. The van der Waals surface area contributed by atoms with Crippen LogP contribution in [0.25, 0.3) is 11.0 Å². The van der Waals surface area contributed by atoms with Crippen molar-refractivity contribution in [1.29, 1.82) is 0 Å². The summed E-state index contributed by atoms with van der Waals surface area (Å²) in [5.74, 6) is 1.15. The number of hydrogen-bond donors (Lipinski definition) is 1. The normalized spacial score (nSPS) is 12.2. The van der Waals surface area contributed by atoms with Crippen molar-refractivity contribution >= 4 is 22.6 Å². The molecule has 0 saturated heterocycles. The maximum absolute atomic E-state index is 6.05. The first kappa shape index (κ1) is 15.3. The summed E-state index contributed by atoms with van der Waals surface area (Å²) in [6.45, 7) is 8.38. The minimum absolute atomic E-state index is 0.267. The molecule has 0 fully saturated rings. The maximum Gasteiger partial charge on any atom is 0.109 e. The Morgan fingerprint density at radius 3 is 2.70 bits per heavy atom. The fourth-order valence-corrected chi connectivity index (χ4v) is 2.83. The van der Waals surface area contributed by atoms with E-state index in [1.54, 1.807) is 0 Å². The molecule has 3 nitrogen and oxygen atoms in total. The fraction of sp³-hybridized carbons (Fsp3) is 0.562. The zero-order valence-electron chi connectivity index (χ0n) is 12.6. The highest BCUT2D eigenvalue weighted by Gasteiger charge is 2.19. The van der Waals surface area contributed by atoms with Crippen molar-refractivity contribution in [3.8, 4) is 0 Å². The van der Waals surface area contributed by atoms with Crippen LogP contribution in [0.15, 0.2) is 18.2 Å². The first-order chi connectivity index (χ1) is 9.46. The van der Waals surface area contributed by atoms with E-state index < -0.39 is 0 Å². The van der Waals surface area contributed by atoms with Gasteiger partial charge in [0.15, 0.2) is 0 Å². The molecule has 0 saturated carbocycles. The molecule has 0 radical (unpaired) electrons. The van der Waals surface area contributed by atoms with E-state index in [4.69, 9.17) is 22.3 Å². The molecule has 0 unspecified atom stereocenters. The summed E-state index contributed by atoms with van der Waals surface area (Å²) >= 11 is 6.05. The number of halogens is 1. The van der Waals surface area contributed by atoms with Gasteiger partial charge in [-0.15, -0.1) is 0 Å². The summed E-state index contributed by atoms with van der Waals surface area (Å²) in [5, 5.41) is 0.744. The van der Waals surface area contributed by atoms with Crippen LogP contribution in [0.5, 0.6) is 0 Å². The van der Waals surface area contributed by atoms with E-state index in [-0.39, 0.29) is 5.41 Å². The molecule has 2 N–H and O–H groups in total. The number of fused-ring (bicyclic) bond motifs is 1. The Bertz CT molecular complexity index is 587. The zero-order chi connectivity index (χ0) is 14.8. The lowest BCUT2D eigenvalue weighted by Crippen LogP contribution is -2.18. The standard InChI is InChI=1S/C16H24ClN3/c1-4-20-14-6-5-12(17)11-13(14)19-15(20)7-8-16(2,3)9-10-18/h5-6,11H,4,7-10,18H2,1-3H3. The highest BCUT2D eigenvalue weighted by molar-refractivity contribution is 6.31. The van der Waals surface area contributed by atoms with E-state index in [9.17, 15) is 0 Å². The number of nitrogens with zero attached hydrogens (tertiary/aromatic N) is 2. The summed E-state index contributed by atoms with van der Waals surface area (Å²) in [5.41, 5.74) is 8.11. The molecular weight excluding hydrogens is 270 g/mol. The average molecular weight is 294 g/mol. The van der Waals surface area contributed by atoms with Gasteiger partial charge in [-0.05, 0) is 49.9 Å². The molecule has 0 aliphatic carbocycles. The number of nitrogens with two attached hydrogens (primary N) is 1. The van der Waals surface area contributed by atoms with Crippen LogP contribution in [0.2, 0.25) is 5.02 Å². The SMILES string of the molecule is CCn1c(CCC(C)(C)CCN)nc2cc(Cl)ccc21. The van der Waals surface area contributed by atoms with Crippen LogP contribution in [0.4, 0.5) is 0 Å². The molecular formula is C16H24ClN3. The minimum atomic E-state index is 0.267. The Balaban J connectivity index is 2.25. The lowest BCUT2D eigenvalue weighted by Gasteiger charge is -2.23. The van der Waals surface area contributed by atoms with E-state index >= 15 is 0 Å². The molecule has 0 spiro atoms. The molecule has 0 aliphatic heterocycles. The van der Waals surface area contributed by atoms with Crippen molar-refractivity contribution in [2.45, 2.75) is 46.6 Å². The van der Waals surface area contributed by atoms with Gasteiger partial charge < -0.3 is 10.3 Å². The van der Waals surface area contributed by atoms with Gasteiger partial charge in [-0.25, -0.2) is 4.98 Å². The zero-order valence-corrected chi connectivity index (χ0v) is 13.4. The largest absolute Gasteiger partial charge is 0.330 e. The minimum Gasteiger partial charge on any atom is -0.330 e. The van der Waals surface area contributed by atoms with Gasteiger partial charge in [-0.1, -0.05) is 25.4 Å². The van der Waals surface area contributed by atoms with Crippen molar-refractivity contribution in [2.24, 2.45) is 11.1 Å². The first-order valence-electron chi connectivity index (χ1n) is 7.31. The van der Waals surface area contributed by atoms with Gasteiger partial charge in [0.05, 0.1) is 11.0 Å². The number of aromatic nitrogens is 2. The molecule has 1 aromatic heterocycles. The Kier molecular flexibility index (Phi) is 4.71. The lowest BCUT2D eigenvalue weighted by molar-refractivity contribution is 0.309. The van der Waals surface area contributed by atoms with E-state index in [2.05, 4.69) is 31.4 Å². The quantitative estimate of drug-likeness (QED) is 0.874. The molecule has 110 valence electrons. The van der Waals surface area contributed by atoms with Crippen molar-refractivity contribution in [1.82, 2.24) is 9.55 Å². The first-order valence-corrected chi connectivity index (χ1v) is 7.69. The Morgan fingerprint density at radius 2 is 2.05 bits per heavy atom. The van der Waals surface area contributed by atoms with Gasteiger partial charge in [-0.2, -0.15) is 0 Å². The van der Waals surface area contributed by atoms with Crippen LogP contribution in [0.3, 0.4) is 0 Å². The van der Waals surface area contributed by atoms with Gasteiger partial charge in [0.25, 0.3) is 0 Å². The van der Waals surface area contributed by atoms with Crippen LogP contribution in [0, 0.1) is 5.41 Å². The van der Waals surface area contributed by atoms with Gasteiger partial charge in [0.1, 0.15) is 5.82 Å². The molecule has 2 aromatic rings. The number of imidazole rings is 1. The molecule has 20 heavy (non-hydrogen) atoms. The van der Waals surface area contributed by atoms with E-state index in [0.717, 1.165) is 48.7 Å². The maximum atomic E-state index is 6.05. The second-order valence-electron chi connectivity index (χ2n) is 6.11. The number of aryl methyl sites for hydroxylation is 2. The van der Waals surface area contributed by atoms with Crippen LogP contribution in [0.1, 0.15) is 39.4 Å². The van der Waals surface area contributed by atoms with Gasteiger partial charge in [-0.3, -0.25) is 0 Å². The Morgan fingerprint density at radius 1 is 1.30 bits per heavy atom. The Hall–Kier alpha value is -1.06. The van der Waals surface area contributed by atoms with Crippen molar-refractivity contribution in [3.63, 3.8) is 0 Å². The molecule has 2 rings (SSSR count). The highest BCUT2D eigenvalue weighted by atomic mass is 35.5. The van der Waals surface area contributed by atoms with Crippen LogP contribution in [-0.2, 0) is 13.0 Å². The highest BCUT2D eigenvalue weighted by Crippen LogP contribution is 2.28. The summed E-state index contributed by atoms with van der Waals surface area (Å²) in [7, 11) is 0. The third-order valence-electron chi connectivity index (χ3n) is 3.95. The van der Waals surface area contributed by atoms with E-state index in [1.165, 1.54) is 5.52 Å². The topological polar surface area (TPSA) is 43.8 Å². The van der Waals surface area contributed by atoms with Gasteiger partial charge in [0.2, 0.25) is 0 Å². The Labute approximate surface area is 126 Å². The lowest BCUT2D eigenvalue weighted by atomic mass is 9.84. The van der Waals surface area contributed by atoms with Crippen molar-refractivity contribution in [2.75, 3.05) is 6.54 Å². The van der Waals surface area contributed by atoms with Crippen LogP contribution >= 0.6 is 11.6 Å². The van der Waals surface area contributed by atoms with E-state index in [1.807, 2.05) is 12.1 Å². The fourth-order valence-electron chi connectivity index (χ4n) is 2.66. The smallest absolute Gasteiger partial charge is 0.109 e. The molecule has 0 amide bonds. The molecule has 0 bridgehead atoms. The van der Waals surface area contributed by atoms with Crippen molar-refractivity contribution in [3.05, 3.63) is 29.0 Å². The van der Waals surface area contributed by atoms with E-state index in [0.29, 0.717) is 0 Å². The number of hydrogen-bond acceptors (Lipinski definition) is 2. The predicted molar refractivity (Wildman–Crippen MR) is 86.2 cm³/mol. The summed E-state index contributed by atoms with van der Waals surface area (Å²) < 4.78 is 2.28. The third kappa shape index (κ3) is 3.33. The van der Waals surface area contributed by atoms with Gasteiger partial charge in [0, 0.05) is 18.0 Å². The molecule has 1 aromatic carbocycles. The second kappa shape index (κ2) is 6.15. The van der Waals surface area contributed by atoms with Crippen LogP contribution in [-0.4, -0.2) is 16.1 Å². The third-order valence-corrected chi connectivity index (χ3v) is 4.19. The number of rotatable bonds is 6. The summed E-state index contributed by atoms with van der Waals surface area (Å²) in [6, 6.07) is 5.93. The number of benzene rings is 1. The van der Waals surface area contributed by atoms with Crippen LogP contribution < -0.4 is 5.73 Å². The predicted octanol–water partition coefficient (Wildman–Crippen LogP) is 4.02. The molecule has 0 aliphatic rings.